The van der Waals surface area contributed by atoms with Crippen LogP contribution in [-0.2, 0) is 6.54 Å². The predicted octanol–water partition coefficient (Wildman–Crippen LogP) is 4.78. The minimum absolute atomic E-state index is 0.330. The molecule has 0 aliphatic rings. The van der Waals surface area contributed by atoms with Gasteiger partial charge in [0.15, 0.2) is 0 Å². The predicted molar refractivity (Wildman–Crippen MR) is 93.4 cm³/mol. The van der Waals surface area contributed by atoms with Crippen molar-refractivity contribution in [3.05, 3.63) is 74.0 Å². The summed E-state index contributed by atoms with van der Waals surface area (Å²) in [5.74, 6) is 0. The number of nitrogens with one attached hydrogen (secondary N) is 1. The Morgan fingerprint density at radius 2 is 1.82 bits per heavy atom. The zero-order chi connectivity index (χ0) is 15.7. The number of rotatable bonds is 3. The molecule has 0 radical (unpaired) electrons. The number of para-hydroxylation sites is 1. The maximum Gasteiger partial charge on any atom is 0.336 e. The summed E-state index contributed by atoms with van der Waals surface area (Å²) in [6.45, 7) is 4.73. The lowest BCUT2D eigenvalue weighted by Gasteiger charge is -2.13. The van der Waals surface area contributed by atoms with Gasteiger partial charge in [-0.3, -0.25) is 0 Å². The molecule has 1 heterocycles. The van der Waals surface area contributed by atoms with Gasteiger partial charge in [0.25, 0.3) is 0 Å². The third-order valence-corrected chi connectivity index (χ3v) is 4.22. The van der Waals surface area contributed by atoms with E-state index in [1.807, 2.05) is 24.3 Å². The highest BCUT2D eigenvalue weighted by molar-refractivity contribution is 9.10. The van der Waals surface area contributed by atoms with Crippen molar-refractivity contribution in [2.45, 2.75) is 20.4 Å². The fraction of sp³-hybridized carbons (Fsp3) is 0.167. The molecule has 22 heavy (non-hydrogen) atoms. The first kappa shape index (κ1) is 14.9. The monoisotopic (exact) mass is 357 g/mol. The van der Waals surface area contributed by atoms with Gasteiger partial charge in [-0.15, -0.1) is 0 Å². The molecule has 0 atom stereocenters. The summed E-state index contributed by atoms with van der Waals surface area (Å²) in [6, 6.07) is 13.5. The number of aryl methyl sites for hydroxylation is 2. The van der Waals surface area contributed by atoms with E-state index in [2.05, 4.69) is 47.2 Å². The van der Waals surface area contributed by atoms with Gasteiger partial charge in [-0.2, -0.15) is 0 Å². The summed E-state index contributed by atoms with van der Waals surface area (Å²) in [4.78, 5) is 11.8. The van der Waals surface area contributed by atoms with Gasteiger partial charge in [0.05, 0.1) is 0 Å². The first-order valence-corrected chi connectivity index (χ1v) is 7.86. The molecule has 0 bridgehead atoms. The summed E-state index contributed by atoms with van der Waals surface area (Å²) in [7, 11) is 0. The molecule has 4 heteroatoms. The Morgan fingerprint density at radius 1 is 1.09 bits per heavy atom. The molecule has 112 valence electrons. The number of anilines is 1. The molecule has 0 spiro atoms. The van der Waals surface area contributed by atoms with Crippen molar-refractivity contribution in [3.63, 3.8) is 0 Å². The Morgan fingerprint density at radius 3 is 2.55 bits per heavy atom. The van der Waals surface area contributed by atoms with Crippen LogP contribution in [0.2, 0.25) is 0 Å². The molecule has 0 saturated carbocycles. The molecule has 0 amide bonds. The second-order valence-electron chi connectivity index (χ2n) is 5.35. The molecule has 3 rings (SSSR count). The van der Waals surface area contributed by atoms with E-state index in [9.17, 15) is 4.79 Å². The fourth-order valence-corrected chi connectivity index (χ4v) is 2.97. The molecule has 3 nitrogen and oxygen atoms in total. The van der Waals surface area contributed by atoms with Gasteiger partial charge in [0.2, 0.25) is 0 Å². The standard InChI is InChI=1S/C18H16BrNO2/c1-11-4-3-5-12(2)18(11)20-10-13-8-17(21)22-16-9-14(19)6-7-15(13)16/h3-9,20H,10H2,1-2H3. The normalized spacial score (nSPS) is 10.9. The number of hydrogen-bond donors (Lipinski definition) is 1. The molecule has 0 saturated heterocycles. The van der Waals surface area contributed by atoms with Crippen LogP contribution in [0.3, 0.4) is 0 Å². The lowest BCUT2D eigenvalue weighted by Crippen LogP contribution is -2.07. The average molecular weight is 358 g/mol. The first-order valence-electron chi connectivity index (χ1n) is 7.07. The van der Waals surface area contributed by atoms with E-state index in [-0.39, 0.29) is 5.63 Å². The highest BCUT2D eigenvalue weighted by Gasteiger charge is 2.08. The minimum Gasteiger partial charge on any atom is -0.423 e. The van der Waals surface area contributed by atoms with Gasteiger partial charge >= 0.3 is 5.63 Å². The topological polar surface area (TPSA) is 42.2 Å². The second kappa shape index (κ2) is 5.97. The van der Waals surface area contributed by atoms with Gasteiger partial charge in [0.1, 0.15) is 5.58 Å². The average Bonchev–Trinajstić information content (AvgIpc) is 2.45. The maximum atomic E-state index is 11.8. The van der Waals surface area contributed by atoms with Crippen LogP contribution in [0.15, 0.2) is 56.1 Å². The van der Waals surface area contributed by atoms with Crippen molar-refractivity contribution < 1.29 is 4.42 Å². The van der Waals surface area contributed by atoms with Gasteiger partial charge < -0.3 is 9.73 Å². The smallest absolute Gasteiger partial charge is 0.336 e. The van der Waals surface area contributed by atoms with Gasteiger partial charge in [-0.25, -0.2) is 4.79 Å². The van der Waals surface area contributed by atoms with Gasteiger partial charge in [0, 0.05) is 28.2 Å². The second-order valence-corrected chi connectivity index (χ2v) is 6.27. The van der Waals surface area contributed by atoms with Crippen molar-refractivity contribution >= 4 is 32.6 Å². The van der Waals surface area contributed by atoms with Crippen LogP contribution in [0.1, 0.15) is 16.7 Å². The fourth-order valence-electron chi connectivity index (χ4n) is 2.63. The Hall–Kier alpha value is -2.07. The van der Waals surface area contributed by atoms with Crippen LogP contribution in [0, 0.1) is 13.8 Å². The summed E-state index contributed by atoms with van der Waals surface area (Å²) in [5.41, 5.74) is 4.69. The number of fused-ring (bicyclic) bond motifs is 1. The van der Waals surface area contributed by atoms with Crippen molar-refractivity contribution in [1.82, 2.24) is 0 Å². The first-order chi connectivity index (χ1) is 10.5. The van der Waals surface area contributed by atoms with Crippen LogP contribution in [-0.4, -0.2) is 0 Å². The van der Waals surface area contributed by atoms with Gasteiger partial charge in [-0.1, -0.05) is 34.1 Å². The highest BCUT2D eigenvalue weighted by Crippen LogP contribution is 2.24. The molecule has 1 aromatic heterocycles. The Bertz CT molecular complexity index is 879. The quantitative estimate of drug-likeness (QED) is 0.685. The third kappa shape index (κ3) is 2.92. The van der Waals surface area contributed by atoms with Crippen LogP contribution in [0.25, 0.3) is 11.0 Å². The van der Waals surface area contributed by atoms with Crippen molar-refractivity contribution in [1.29, 1.82) is 0 Å². The number of halogens is 1. The molecule has 0 aliphatic heterocycles. The lowest BCUT2D eigenvalue weighted by molar-refractivity contribution is 0.559. The SMILES string of the molecule is Cc1cccc(C)c1NCc1cc(=O)oc2cc(Br)ccc12. The Kier molecular flexibility index (Phi) is 4.03. The summed E-state index contributed by atoms with van der Waals surface area (Å²) >= 11 is 3.40. The molecule has 1 N–H and O–H groups in total. The molecular weight excluding hydrogens is 342 g/mol. The van der Waals surface area contributed by atoms with E-state index >= 15 is 0 Å². The molecule has 0 aliphatic carbocycles. The van der Waals surface area contributed by atoms with E-state index in [0.29, 0.717) is 12.1 Å². The number of benzene rings is 2. The van der Waals surface area contributed by atoms with Crippen LogP contribution >= 0.6 is 15.9 Å². The van der Waals surface area contributed by atoms with Gasteiger partial charge in [-0.05, 0) is 48.7 Å². The zero-order valence-corrected chi connectivity index (χ0v) is 14.0. The minimum atomic E-state index is -0.330. The highest BCUT2D eigenvalue weighted by atomic mass is 79.9. The van der Waals surface area contributed by atoms with E-state index in [4.69, 9.17) is 4.42 Å². The lowest BCUT2D eigenvalue weighted by atomic mass is 10.1. The molecule has 3 aromatic rings. The van der Waals surface area contributed by atoms with Crippen LogP contribution in [0.4, 0.5) is 5.69 Å². The third-order valence-electron chi connectivity index (χ3n) is 3.73. The van der Waals surface area contributed by atoms with Crippen molar-refractivity contribution in [2.24, 2.45) is 0 Å². The van der Waals surface area contributed by atoms with E-state index < -0.39 is 0 Å². The van der Waals surface area contributed by atoms with Crippen molar-refractivity contribution in [2.75, 3.05) is 5.32 Å². The van der Waals surface area contributed by atoms with E-state index in [1.165, 1.54) is 11.1 Å². The zero-order valence-electron chi connectivity index (χ0n) is 12.4. The number of hydrogen-bond acceptors (Lipinski definition) is 3. The maximum absolute atomic E-state index is 11.8. The van der Waals surface area contributed by atoms with E-state index in [0.717, 1.165) is 21.1 Å². The summed E-state index contributed by atoms with van der Waals surface area (Å²) in [5, 5.41) is 4.39. The molecule has 0 fully saturated rings. The Labute approximate surface area is 137 Å². The van der Waals surface area contributed by atoms with Crippen LogP contribution < -0.4 is 10.9 Å². The molecule has 2 aromatic carbocycles. The van der Waals surface area contributed by atoms with E-state index in [1.54, 1.807) is 6.07 Å². The summed E-state index contributed by atoms with van der Waals surface area (Å²) < 4.78 is 6.16. The van der Waals surface area contributed by atoms with Crippen LogP contribution in [0.5, 0.6) is 0 Å². The molecule has 0 unspecified atom stereocenters. The Balaban J connectivity index is 1.99. The van der Waals surface area contributed by atoms with Crippen molar-refractivity contribution in [3.8, 4) is 0 Å². The molecular formula is C18H16BrNO2. The largest absolute Gasteiger partial charge is 0.423 e. The summed E-state index contributed by atoms with van der Waals surface area (Å²) in [6.07, 6.45) is 0.